The first-order valence-electron chi connectivity index (χ1n) is 9.87. The Balaban J connectivity index is 1.38. The fourth-order valence-corrected chi connectivity index (χ4v) is 5.08. The molecule has 1 saturated heterocycles. The van der Waals surface area contributed by atoms with E-state index in [1.165, 1.54) is 0 Å². The van der Waals surface area contributed by atoms with Crippen LogP contribution in [0.2, 0.25) is 0 Å². The van der Waals surface area contributed by atoms with Crippen LogP contribution in [-0.2, 0) is 4.79 Å². The lowest BCUT2D eigenvalue weighted by Crippen LogP contribution is -2.50. The Morgan fingerprint density at radius 1 is 0.714 bits per heavy atom. The van der Waals surface area contributed by atoms with Crippen LogP contribution < -0.4 is 24.3 Å². The van der Waals surface area contributed by atoms with E-state index in [9.17, 15) is 4.79 Å². The van der Waals surface area contributed by atoms with Crippen molar-refractivity contribution in [1.29, 1.82) is 0 Å². The zero-order valence-corrected chi connectivity index (χ0v) is 15.4. The molecule has 3 heterocycles. The minimum atomic E-state index is -0.0334. The van der Waals surface area contributed by atoms with Gasteiger partial charge in [0.25, 0.3) is 0 Å². The molecule has 1 saturated carbocycles. The molecule has 0 aromatic heterocycles. The molecular formula is C22H21NO5. The molecule has 2 fully saturated rings. The molecule has 0 amide bonds. The summed E-state index contributed by atoms with van der Waals surface area (Å²) in [5.41, 5.74) is 2.15. The number of fused-ring (bicyclic) bond motifs is 4. The first-order chi connectivity index (χ1) is 13.8. The lowest BCUT2D eigenvalue weighted by molar-refractivity contribution is -0.135. The van der Waals surface area contributed by atoms with Gasteiger partial charge in [0, 0.05) is 23.9 Å². The smallest absolute Gasteiger partial charge is 0.231 e. The summed E-state index contributed by atoms with van der Waals surface area (Å²) in [5.74, 6) is 3.41. The van der Waals surface area contributed by atoms with Crippen molar-refractivity contribution in [3.63, 3.8) is 0 Å². The number of Topliss-reactive ketones (excluding diaryl/α,β-unsaturated/α-hetero) is 1. The topological polar surface area (TPSA) is 66.0 Å². The van der Waals surface area contributed by atoms with Crippen molar-refractivity contribution in [1.82, 2.24) is 5.32 Å². The van der Waals surface area contributed by atoms with Crippen molar-refractivity contribution in [3.8, 4) is 23.0 Å². The number of hydrogen-bond donors (Lipinski definition) is 1. The molecule has 6 nitrogen and oxygen atoms in total. The van der Waals surface area contributed by atoms with E-state index in [0.717, 1.165) is 53.4 Å². The number of hydrogen-bond acceptors (Lipinski definition) is 6. The monoisotopic (exact) mass is 379 g/mol. The summed E-state index contributed by atoms with van der Waals surface area (Å²) in [7, 11) is 0. The maximum Gasteiger partial charge on any atom is 0.231 e. The molecule has 4 atom stereocenters. The number of ketones is 1. The predicted molar refractivity (Wildman–Crippen MR) is 99.6 cm³/mol. The maximum absolute atomic E-state index is 13.3. The molecule has 6 heteroatoms. The number of rotatable bonds is 2. The van der Waals surface area contributed by atoms with E-state index in [1.807, 2.05) is 36.4 Å². The Morgan fingerprint density at radius 3 is 1.75 bits per heavy atom. The van der Waals surface area contributed by atoms with Crippen molar-refractivity contribution in [2.45, 2.75) is 31.3 Å². The van der Waals surface area contributed by atoms with Crippen molar-refractivity contribution >= 4 is 5.78 Å². The molecule has 0 unspecified atom stereocenters. The number of piperidine rings is 1. The average Bonchev–Trinajstić information content (AvgIpc) is 3.36. The Labute approximate surface area is 162 Å². The second-order valence-electron chi connectivity index (χ2n) is 7.89. The number of carbonyl (C=O) groups is 1. The molecule has 3 aliphatic heterocycles. The number of carbonyl (C=O) groups excluding carboxylic acids is 1. The standard InChI is InChI=1S/C22H21NO5/c24-22-14-2-1-3-15(22)21(13-5-7-17-19(9-13)28-11-26-17)23-20(14)12-4-6-16-18(8-12)27-10-25-16/h4-9,14-15,20-21,23H,1-3,10-11H2/t14-,15-,20-,21+/m0/s1. The molecule has 4 aliphatic rings. The van der Waals surface area contributed by atoms with Crippen LogP contribution in [0.15, 0.2) is 36.4 Å². The first-order valence-corrected chi connectivity index (χ1v) is 9.87. The molecule has 1 N–H and O–H groups in total. The van der Waals surface area contributed by atoms with E-state index in [1.54, 1.807) is 0 Å². The SMILES string of the molecule is O=C1[C@H]2CCC[C@H]1[C@H](c1ccc3c(c1)OCO3)N[C@@H]2c1ccc2c(c1)OCO2. The number of benzene rings is 2. The van der Waals surface area contributed by atoms with Crippen LogP contribution in [0.4, 0.5) is 0 Å². The van der Waals surface area contributed by atoms with Crippen LogP contribution >= 0.6 is 0 Å². The zero-order valence-electron chi connectivity index (χ0n) is 15.4. The summed E-state index contributed by atoms with van der Waals surface area (Å²) in [6, 6.07) is 11.9. The summed E-state index contributed by atoms with van der Waals surface area (Å²) in [6.07, 6.45) is 2.93. The highest BCUT2D eigenvalue weighted by atomic mass is 16.7. The average molecular weight is 379 g/mol. The van der Waals surface area contributed by atoms with E-state index in [-0.39, 0.29) is 37.5 Å². The van der Waals surface area contributed by atoms with Gasteiger partial charge >= 0.3 is 0 Å². The lowest BCUT2D eigenvalue weighted by Gasteiger charge is -2.45. The molecule has 1 aliphatic carbocycles. The predicted octanol–water partition coefficient (Wildman–Crippen LogP) is 3.52. The van der Waals surface area contributed by atoms with E-state index in [4.69, 9.17) is 18.9 Å². The highest BCUT2D eigenvalue weighted by Crippen LogP contribution is 2.48. The van der Waals surface area contributed by atoms with Gasteiger partial charge < -0.3 is 24.3 Å². The van der Waals surface area contributed by atoms with Crippen LogP contribution in [0.5, 0.6) is 23.0 Å². The third-order valence-electron chi connectivity index (χ3n) is 6.44. The molecule has 2 aromatic rings. The van der Waals surface area contributed by atoms with Crippen LogP contribution in [-0.4, -0.2) is 19.4 Å². The van der Waals surface area contributed by atoms with Gasteiger partial charge in [-0.2, -0.15) is 0 Å². The second kappa shape index (κ2) is 6.14. The van der Waals surface area contributed by atoms with Gasteiger partial charge in [0.1, 0.15) is 5.78 Å². The summed E-state index contributed by atoms with van der Waals surface area (Å²) in [6.45, 7) is 0.502. The van der Waals surface area contributed by atoms with Crippen molar-refractivity contribution in [2.24, 2.45) is 11.8 Å². The fourth-order valence-electron chi connectivity index (χ4n) is 5.08. The van der Waals surface area contributed by atoms with Gasteiger partial charge in [-0.3, -0.25) is 4.79 Å². The second-order valence-corrected chi connectivity index (χ2v) is 7.89. The van der Waals surface area contributed by atoms with Crippen LogP contribution in [0.3, 0.4) is 0 Å². The minimum Gasteiger partial charge on any atom is -0.454 e. The van der Waals surface area contributed by atoms with Gasteiger partial charge in [-0.15, -0.1) is 0 Å². The Bertz CT molecular complexity index is 884. The Morgan fingerprint density at radius 2 is 1.21 bits per heavy atom. The summed E-state index contributed by atoms with van der Waals surface area (Å²) in [5, 5.41) is 3.79. The van der Waals surface area contributed by atoms with Gasteiger partial charge in [-0.1, -0.05) is 18.6 Å². The highest BCUT2D eigenvalue weighted by Gasteiger charge is 2.46. The minimum absolute atomic E-state index is 0.00406. The van der Waals surface area contributed by atoms with Gasteiger partial charge in [0.05, 0.1) is 0 Å². The van der Waals surface area contributed by atoms with Gasteiger partial charge in [0.15, 0.2) is 23.0 Å². The van der Waals surface area contributed by atoms with Gasteiger partial charge in [-0.05, 0) is 48.2 Å². The molecule has 0 radical (unpaired) electrons. The highest BCUT2D eigenvalue weighted by molar-refractivity contribution is 5.87. The largest absolute Gasteiger partial charge is 0.454 e. The molecular weight excluding hydrogens is 358 g/mol. The van der Waals surface area contributed by atoms with E-state index in [0.29, 0.717) is 5.78 Å². The van der Waals surface area contributed by atoms with E-state index in [2.05, 4.69) is 5.32 Å². The Hall–Kier alpha value is -2.73. The van der Waals surface area contributed by atoms with E-state index >= 15 is 0 Å². The summed E-state index contributed by atoms with van der Waals surface area (Å²) >= 11 is 0. The van der Waals surface area contributed by atoms with Gasteiger partial charge in [0.2, 0.25) is 13.6 Å². The molecule has 144 valence electrons. The molecule has 2 aromatic carbocycles. The third kappa shape index (κ3) is 2.41. The Kier molecular flexibility index (Phi) is 3.56. The third-order valence-corrected chi connectivity index (χ3v) is 6.44. The summed E-state index contributed by atoms with van der Waals surface area (Å²) < 4.78 is 22.0. The number of nitrogens with one attached hydrogen (secondary N) is 1. The first kappa shape index (κ1) is 16.2. The van der Waals surface area contributed by atoms with E-state index < -0.39 is 0 Å². The van der Waals surface area contributed by atoms with Crippen LogP contribution in [0.25, 0.3) is 0 Å². The molecule has 2 bridgehead atoms. The van der Waals surface area contributed by atoms with Crippen molar-refractivity contribution in [2.75, 3.05) is 13.6 Å². The number of ether oxygens (including phenoxy) is 4. The van der Waals surface area contributed by atoms with Crippen LogP contribution in [0.1, 0.15) is 42.5 Å². The molecule has 6 rings (SSSR count). The quantitative estimate of drug-likeness (QED) is 0.861. The van der Waals surface area contributed by atoms with Crippen molar-refractivity contribution < 1.29 is 23.7 Å². The van der Waals surface area contributed by atoms with Gasteiger partial charge in [-0.25, -0.2) is 0 Å². The van der Waals surface area contributed by atoms with Crippen molar-refractivity contribution in [3.05, 3.63) is 47.5 Å². The summed E-state index contributed by atoms with van der Waals surface area (Å²) in [4.78, 5) is 13.3. The molecule has 0 spiro atoms. The molecule has 28 heavy (non-hydrogen) atoms. The normalized spacial score (nSPS) is 29.8. The fraction of sp³-hybridized carbons (Fsp3) is 0.409. The van der Waals surface area contributed by atoms with Crippen LogP contribution in [0, 0.1) is 11.8 Å². The maximum atomic E-state index is 13.3. The zero-order chi connectivity index (χ0) is 18.7. The lowest BCUT2D eigenvalue weighted by atomic mass is 9.67.